The number of hydrogen-bond donors (Lipinski definition) is 2. The lowest BCUT2D eigenvalue weighted by Gasteiger charge is -2.19. The van der Waals surface area contributed by atoms with Crippen molar-refractivity contribution in [3.8, 4) is 17.2 Å². The highest BCUT2D eigenvalue weighted by Crippen LogP contribution is 2.43. The fourth-order valence-electron chi connectivity index (χ4n) is 3.48. The maximum absolute atomic E-state index is 11.6. The van der Waals surface area contributed by atoms with Crippen molar-refractivity contribution in [1.82, 2.24) is 0 Å². The lowest BCUT2D eigenvalue weighted by molar-refractivity contribution is -0.131. The van der Waals surface area contributed by atoms with Crippen LogP contribution in [-0.4, -0.2) is 16.2 Å². The van der Waals surface area contributed by atoms with Gasteiger partial charge in [0.05, 0.1) is 0 Å². The molecule has 0 aromatic heterocycles. The Hall–Kier alpha value is -2.75. The number of rotatable bonds is 11. The molecule has 0 radical (unpaired) electrons. The van der Waals surface area contributed by atoms with Crippen LogP contribution in [0, 0.1) is 0 Å². The molecule has 32 heavy (non-hydrogen) atoms. The van der Waals surface area contributed by atoms with Crippen molar-refractivity contribution in [2.75, 3.05) is 0 Å². The number of aromatic hydroxyl groups is 2. The first-order valence-corrected chi connectivity index (χ1v) is 11.3. The zero-order valence-electron chi connectivity index (χ0n) is 20.8. The number of carbonyl (C=O) groups excluding carboxylic acids is 1. The quantitative estimate of drug-likeness (QED) is 0.159. The van der Waals surface area contributed by atoms with E-state index in [1.165, 1.54) is 41.3 Å². The van der Waals surface area contributed by atoms with Gasteiger partial charge in [-0.15, -0.1) is 0 Å². The van der Waals surface area contributed by atoms with Crippen LogP contribution in [0.2, 0.25) is 0 Å². The summed E-state index contributed by atoms with van der Waals surface area (Å²) in [4.78, 5) is 11.6. The minimum absolute atomic E-state index is 0.222. The maximum atomic E-state index is 11.6. The number of carbonyl (C=O) groups is 1. The maximum Gasteiger partial charge on any atom is 0.308 e. The van der Waals surface area contributed by atoms with E-state index in [9.17, 15) is 15.0 Å². The molecule has 1 aromatic rings. The monoisotopic (exact) mass is 440 g/mol. The van der Waals surface area contributed by atoms with Gasteiger partial charge in [0, 0.05) is 18.4 Å². The molecule has 0 saturated carbocycles. The number of hydrogen-bond acceptors (Lipinski definition) is 4. The van der Waals surface area contributed by atoms with Gasteiger partial charge in [-0.25, -0.2) is 0 Å². The van der Waals surface area contributed by atoms with Crippen LogP contribution in [0.1, 0.15) is 92.1 Å². The van der Waals surface area contributed by atoms with Crippen molar-refractivity contribution in [3.63, 3.8) is 0 Å². The van der Waals surface area contributed by atoms with Gasteiger partial charge >= 0.3 is 5.97 Å². The van der Waals surface area contributed by atoms with E-state index >= 15 is 0 Å². The average molecular weight is 441 g/mol. The molecule has 2 N–H and O–H groups in total. The first kappa shape index (κ1) is 27.3. The number of benzene rings is 1. The van der Waals surface area contributed by atoms with Crippen LogP contribution in [0.5, 0.6) is 17.2 Å². The van der Waals surface area contributed by atoms with Gasteiger partial charge in [0.2, 0.25) is 0 Å². The highest BCUT2D eigenvalue weighted by atomic mass is 16.5. The average Bonchev–Trinajstić information content (AvgIpc) is 2.67. The minimum Gasteiger partial charge on any atom is -0.504 e. The second-order valence-electron chi connectivity index (χ2n) is 8.98. The molecule has 0 heterocycles. The Balaban J connectivity index is 3.31. The van der Waals surface area contributed by atoms with E-state index in [0.29, 0.717) is 12.0 Å². The van der Waals surface area contributed by atoms with Gasteiger partial charge in [-0.3, -0.25) is 4.79 Å². The van der Waals surface area contributed by atoms with E-state index in [2.05, 4.69) is 65.8 Å². The van der Waals surface area contributed by atoms with Crippen molar-refractivity contribution in [3.05, 3.63) is 64.3 Å². The third-order valence-corrected chi connectivity index (χ3v) is 5.17. The Morgan fingerprint density at radius 1 is 0.875 bits per heavy atom. The smallest absolute Gasteiger partial charge is 0.308 e. The van der Waals surface area contributed by atoms with Crippen LogP contribution >= 0.6 is 0 Å². The van der Waals surface area contributed by atoms with E-state index in [1.54, 1.807) is 0 Å². The molecule has 0 bridgehead atoms. The number of esters is 1. The van der Waals surface area contributed by atoms with Gasteiger partial charge in [0.25, 0.3) is 0 Å². The molecule has 0 saturated heterocycles. The van der Waals surface area contributed by atoms with Crippen molar-refractivity contribution in [1.29, 1.82) is 0 Å². The lowest BCUT2D eigenvalue weighted by atomic mass is 9.89. The van der Waals surface area contributed by atoms with Crippen LogP contribution in [-0.2, 0) is 4.79 Å². The predicted octanol–water partition coefficient (Wildman–Crippen LogP) is 7.88. The van der Waals surface area contributed by atoms with Gasteiger partial charge in [-0.2, -0.15) is 0 Å². The normalized spacial score (nSPS) is 12.8. The summed E-state index contributed by atoms with van der Waals surface area (Å²) in [5, 5.41) is 20.8. The molecule has 0 amide bonds. The second-order valence-corrected chi connectivity index (χ2v) is 8.98. The fourth-order valence-corrected chi connectivity index (χ4v) is 3.48. The molecule has 4 nitrogen and oxygen atoms in total. The molecule has 1 atom stereocenters. The van der Waals surface area contributed by atoms with Crippen LogP contribution in [0.3, 0.4) is 0 Å². The molecule has 0 aliphatic rings. The molecule has 0 aliphatic carbocycles. The largest absolute Gasteiger partial charge is 0.504 e. The standard InChI is InChI=1S/C28H40O4/c1-19(2)10-8-12-21(5)14-15-24(18-22(6)13-9-11-20(3)4)27-26(32-23(7)29)17-16-25(30)28(27)31/h10-11,14,16-18,24,30-31H,8-9,12-13,15H2,1-7H3/b21-14+,22-18+. The van der Waals surface area contributed by atoms with Crippen molar-refractivity contribution >= 4 is 5.97 Å². The van der Waals surface area contributed by atoms with Gasteiger partial charge < -0.3 is 14.9 Å². The Labute approximate surface area is 194 Å². The molecule has 0 aliphatic heterocycles. The van der Waals surface area contributed by atoms with E-state index < -0.39 is 5.97 Å². The number of phenols is 2. The Bertz CT molecular complexity index is 892. The lowest BCUT2D eigenvalue weighted by Crippen LogP contribution is -2.07. The summed E-state index contributed by atoms with van der Waals surface area (Å²) in [5.74, 6) is -0.880. The van der Waals surface area contributed by atoms with E-state index in [-0.39, 0.29) is 23.2 Å². The highest BCUT2D eigenvalue weighted by molar-refractivity contribution is 5.71. The molecule has 0 spiro atoms. The molecule has 1 unspecified atom stereocenters. The third-order valence-electron chi connectivity index (χ3n) is 5.17. The predicted molar refractivity (Wildman–Crippen MR) is 133 cm³/mol. The highest BCUT2D eigenvalue weighted by Gasteiger charge is 2.22. The van der Waals surface area contributed by atoms with Crippen molar-refractivity contribution in [2.24, 2.45) is 0 Å². The second kappa shape index (κ2) is 13.6. The van der Waals surface area contributed by atoms with Crippen LogP contribution in [0.15, 0.2) is 58.7 Å². The molecule has 4 heteroatoms. The molecule has 176 valence electrons. The van der Waals surface area contributed by atoms with Gasteiger partial charge in [-0.1, -0.05) is 46.6 Å². The van der Waals surface area contributed by atoms with Crippen LogP contribution < -0.4 is 4.74 Å². The molecule has 0 fully saturated rings. The van der Waals surface area contributed by atoms with Crippen molar-refractivity contribution in [2.45, 2.75) is 86.5 Å². The number of phenolic OH excluding ortho intramolecular Hbond substituents is 2. The minimum atomic E-state index is -0.465. The summed E-state index contributed by atoms with van der Waals surface area (Å²) < 4.78 is 5.38. The molecule has 1 rings (SSSR count). The van der Waals surface area contributed by atoms with Crippen LogP contribution in [0.4, 0.5) is 0 Å². The number of ether oxygens (including phenoxy) is 1. The van der Waals surface area contributed by atoms with E-state index in [1.807, 2.05) is 0 Å². The molecule has 1 aromatic carbocycles. The van der Waals surface area contributed by atoms with E-state index in [4.69, 9.17) is 4.74 Å². The summed E-state index contributed by atoms with van der Waals surface area (Å²) in [6.45, 7) is 13.9. The summed E-state index contributed by atoms with van der Waals surface area (Å²) in [6.07, 6.45) is 13.1. The topological polar surface area (TPSA) is 66.8 Å². The first-order valence-electron chi connectivity index (χ1n) is 11.3. The van der Waals surface area contributed by atoms with Crippen molar-refractivity contribution < 1.29 is 19.7 Å². The summed E-state index contributed by atoms with van der Waals surface area (Å²) in [7, 11) is 0. The third kappa shape index (κ3) is 10.0. The molecular weight excluding hydrogens is 400 g/mol. The Kier molecular flexibility index (Phi) is 11.6. The summed E-state index contributed by atoms with van der Waals surface area (Å²) in [6, 6.07) is 2.89. The number of allylic oxidation sites excluding steroid dienone is 8. The first-order chi connectivity index (χ1) is 15.0. The van der Waals surface area contributed by atoms with E-state index in [0.717, 1.165) is 25.7 Å². The summed E-state index contributed by atoms with van der Waals surface area (Å²) in [5.41, 5.74) is 5.47. The summed E-state index contributed by atoms with van der Waals surface area (Å²) >= 11 is 0. The van der Waals surface area contributed by atoms with Gasteiger partial charge in [0.15, 0.2) is 11.5 Å². The van der Waals surface area contributed by atoms with Gasteiger partial charge in [-0.05, 0) is 85.8 Å². The van der Waals surface area contributed by atoms with Gasteiger partial charge in [0.1, 0.15) is 5.75 Å². The zero-order chi connectivity index (χ0) is 24.3. The Morgan fingerprint density at radius 3 is 1.97 bits per heavy atom. The van der Waals surface area contributed by atoms with Crippen LogP contribution in [0.25, 0.3) is 0 Å². The Morgan fingerprint density at radius 2 is 1.44 bits per heavy atom. The molecular formula is C28H40O4. The fraction of sp³-hybridized carbons (Fsp3) is 0.464. The SMILES string of the molecule is CC(=O)Oc1ccc(O)c(O)c1C(/C=C(\C)CCC=C(C)C)C/C=C(\C)CCC=C(C)C. The zero-order valence-corrected chi connectivity index (χ0v) is 20.8.